The molecule has 0 atom stereocenters. The van der Waals surface area contributed by atoms with E-state index in [1.54, 1.807) is 6.07 Å². The van der Waals surface area contributed by atoms with Crippen molar-refractivity contribution >= 4 is 15.7 Å². The van der Waals surface area contributed by atoms with E-state index in [2.05, 4.69) is 20.2 Å². The van der Waals surface area contributed by atoms with E-state index < -0.39 is 31.3 Å². The zero-order valence-electron chi connectivity index (χ0n) is 13.0. The summed E-state index contributed by atoms with van der Waals surface area (Å²) in [5.41, 5.74) is -0.250. The van der Waals surface area contributed by atoms with Gasteiger partial charge in [-0.2, -0.15) is 4.68 Å². The average Bonchev–Trinajstić information content (AvgIpc) is 3.09. The molecule has 0 unspecified atom stereocenters. The number of benzene rings is 2. The second-order valence-electron chi connectivity index (χ2n) is 5.04. The number of halogens is 1. The summed E-state index contributed by atoms with van der Waals surface area (Å²) in [5.74, 6) is -0.429. The SMILES string of the molecule is O=[N+]([O-])c1ccccc1S(=O)(=O)NCc1nnnn1-c1cccc(F)c1. The maximum atomic E-state index is 13.4. The number of tetrazole rings is 1. The third-order valence-corrected chi connectivity index (χ3v) is 4.81. The lowest BCUT2D eigenvalue weighted by Gasteiger charge is -2.08. The summed E-state index contributed by atoms with van der Waals surface area (Å²) >= 11 is 0. The van der Waals surface area contributed by atoms with Gasteiger partial charge in [-0.1, -0.05) is 18.2 Å². The second-order valence-corrected chi connectivity index (χ2v) is 6.77. The van der Waals surface area contributed by atoms with E-state index in [0.29, 0.717) is 5.69 Å². The molecule has 0 aliphatic heterocycles. The van der Waals surface area contributed by atoms with Crippen LogP contribution in [-0.4, -0.2) is 33.5 Å². The van der Waals surface area contributed by atoms with Crippen molar-refractivity contribution in [1.82, 2.24) is 24.9 Å². The molecule has 0 spiro atoms. The number of rotatable bonds is 6. The van der Waals surface area contributed by atoms with E-state index in [0.717, 1.165) is 16.8 Å². The van der Waals surface area contributed by atoms with Crippen LogP contribution in [0.3, 0.4) is 0 Å². The van der Waals surface area contributed by atoms with E-state index in [1.165, 1.54) is 30.3 Å². The average molecular weight is 378 g/mol. The van der Waals surface area contributed by atoms with Gasteiger partial charge in [-0.3, -0.25) is 10.1 Å². The van der Waals surface area contributed by atoms with Gasteiger partial charge < -0.3 is 0 Å². The summed E-state index contributed by atoms with van der Waals surface area (Å²) in [5, 5.41) is 21.8. The number of nitro groups is 1. The Kier molecular flexibility index (Phi) is 4.69. The molecule has 3 aromatic rings. The minimum absolute atomic E-state index is 0.0813. The van der Waals surface area contributed by atoms with Gasteiger partial charge in [-0.05, 0) is 34.7 Å². The first kappa shape index (κ1) is 17.6. The molecule has 0 bridgehead atoms. The normalized spacial score (nSPS) is 11.4. The highest BCUT2D eigenvalue weighted by molar-refractivity contribution is 7.89. The van der Waals surface area contributed by atoms with Crippen molar-refractivity contribution in [3.05, 3.63) is 70.3 Å². The van der Waals surface area contributed by atoms with Crippen LogP contribution in [0.15, 0.2) is 53.4 Å². The highest BCUT2D eigenvalue weighted by Gasteiger charge is 2.25. The molecular weight excluding hydrogens is 367 g/mol. The number of para-hydroxylation sites is 1. The number of aromatic nitrogens is 4. The number of hydrogen-bond donors (Lipinski definition) is 1. The first-order valence-corrected chi connectivity index (χ1v) is 8.63. The van der Waals surface area contributed by atoms with Crippen LogP contribution in [0.4, 0.5) is 10.1 Å². The van der Waals surface area contributed by atoms with Crippen LogP contribution >= 0.6 is 0 Å². The van der Waals surface area contributed by atoms with Crippen molar-refractivity contribution in [2.45, 2.75) is 11.4 Å². The Morgan fingerprint density at radius 3 is 2.69 bits per heavy atom. The van der Waals surface area contributed by atoms with Gasteiger partial charge in [0.25, 0.3) is 5.69 Å². The Labute approximate surface area is 146 Å². The molecule has 0 saturated heterocycles. The van der Waals surface area contributed by atoms with Gasteiger partial charge in [0.05, 0.1) is 17.2 Å². The Hall–Kier alpha value is -3.25. The van der Waals surface area contributed by atoms with Crippen LogP contribution in [-0.2, 0) is 16.6 Å². The lowest BCUT2D eigenvalue weighted by molar-refractivity contribution is -0.387. The van der Waals surface area contributed by atoms with Gasteiger partial charge in [-0.15, -0.1) is 5.10 Å². The molecule has 0 amide bonds. The minimum Gasteiger partial charge on any atom is -0.258 e. The molecule has 0 aliphatic carbocycles. The first-order valence-electron chi connectivity index (χ1n) is 7.15. The summed E-state index contributed by atoms with van der Waals surface area (Å²) in [6, 6.07) is 10.4. The summed E-state index contributed by atoms with van der Waals surface area (Å²) in [4.78, 5) is 9.75. The summed E-state index contributed by atoms with van der Waals surface area (Å²) in [6.07, 6.45) is 0. The van der Waals surface area contributed by atoms with E-state index in [-0.39, 0.29) is 12.4 Å². The Bertz CT molecular complexity index is 1070. The molecule has 12 heteroatoms. The van der Waals surface area contributed by atoms with Crippen molar-refractivity contribution in [2.75, 3.05) is 0 Å². The van der Waals surface area contributed by atoms with Crippen LogP contribution in [0.25, 0.3) is 5.69 Å². The van der Waals surface area contributed by atoms with Crippen molar-refractivity contribution in [3.63, 3.8) is 0 Å². The van der Waals surface area contributed by atoms with Gasteiger partial charge in [0.1, 0.15) is 5.82 Å². The summed E-state index contributed by atoms with van der Waals surface area (Å²) in [6.45, 7) is -0.349. The molecule has 134 valence electrons. The molecule has 3 rings (SSSR count). The summed E-state index contributed by atoms with van der Waals surface area (Å²) < 4.78 is 41.5. The topological polar surface area (TPSA) is 133 Å². The largest absolute Gasteiger partial charge is 0.289 e. The molecule has 0 fully saturated rings. The number of nitrogens with zero attached hydrogens (tertiary/aromatic N) is 5. The Morgan fingerprint density at radius 1 is 1.19 bits per heavy atom. The van der Waals surface area contributed by atoms with E-state index in [4.69, 9.17) is 0 Å². The quantitative estimate of drug-likeness (QED) is 0.503. The predicted molar refractivity (Wildman–Crippen MR) is 86.2 cm³/mol. The number of hydrogen-bond acceptors (Lipinski definition) is 7. The number of nitrogens with one attached hydrogen (secondary N) is 1. The number of sulfonamides is 1. The Balaban J connectivity index is 1.87. The molecule has 0 radical (unpaired) electrons. The standard InChI is InChI=1S/C14H11FN6O4S/c15-10-4-3-5-11(8-10)20-14(17-18-19-20)9-16-26(24,25)13-7-2-1-6-12(13)21(22)23/h1-8,16H,9H2. The predicted octanol–water partition coefficient (Wildman–Crippen LogP) is 1.19. The van der Waals surface area contributed by atoms with E-state index in [1.807, 2.05) is 0 Å². The molecule has 1 aromatic heterocycles. The van der Waals surface area contributed by atoms with Crippen molar-refractivity contribution < 1.29 is 17.7 Å². The van der Waals surface area contributed by atoms with Crippen LogP contribution < -0.4 is 4.72 Å². The molecule has 0 saturated carbocycles. The molecule has 10 nitrogen and oxygen atoms in total. The van der Waals surface area contributed by atoms with E-state index in [9.17, 15) is 22.9 Å². The summed E-state index contributed by atoms with van der Waals surface area (Å²) in [7, 11) is -4.19. The van der Waals surface area contributed by atoms with Crippen LogP contribution in [0.1, 0.15) is 5.82 Å². The van der Waals surface area contributed by atoms with Gasteiger partial charge >= 0.3 is 0 Å². The van der Waals surface area contributed by atoms with Gasteiger partial charge in [0, 0.05) is 6.07 Å². The molecular formula is C14H11FN6O4S. The van der Waals surface area contributed by atoms with Crippen LogP contribution in [0.2, 0.25) is 0 Å². The molecule has 26 heavy (non-hydrogen) atoms. The third kappa shape index (κ3) is 3.55. The molecule has 2 aromatic carbocycles. The minimum atomic E-state index is -4.19. The van der Waals surface area contributed by atoms with Crippen molar-refractivity contribution in [3.8, 4) is 5.69 Å². The van der Waals surface area contributed by atoms with Crippen LogP contribution in [0, 0.1) is 15.9 Å². The van der Waals surface area contributed by atoms with E-state index >= 15 is 0 Å². The van der Waals surface area contributed by atoms with Gasteiger partial charge in [0.15, 0.2) is 10.7 Å². The fourth-order valence-electron chi connectivity index (χ4n) is 2.20. The third-order valence-electron chi connectivity index (χ3n) is 3.36. The second kappa shape index (κ2) is 6.93. The lowest BCUT2D eigenvalue weighted by Crippen LogP contribution is -2.25. The zero-order valence-corrected chi connectivity index (χ0v) is 13.8. The first-order chi connectivity index (χ1) is 12.4. The monoisotopic (exact) mass is 378 g/mol. The fourth-order valence-corrected chi connectivity index (χ4v) is 3.35. The fraction of sp³-hybridized carbons (Fsp3) is 0.0714. The van der Waals surface area contributed by atoms with Crippen molar-refractivity contribution in [2.24, 2.45) is 0 Å². The highest BCUT2D eigenvalue weighted by Crippen LogP contribution is 2.22. The number of nitro benzene ring substituents is 1. The molecule has 0 aliphatic rings. The smallest absolute Gasteiger partial charge is 0.258 e. The van der Waals surface area contributed by atoms with Crippen molar-refractivity contribution in [1.29, 1.82) is 0 Å². The van der Waals surface area contributed by atoms with Gasteiger partial charge in [0.2, 0.25) is 10.0 Å². The highest BCUT2D eigenvalue weighted by atomic mass is 32.2. The van der Waals surface area contributed by atoms with Crippen LogP contribution in [0.5, 0.6) is 0 Å². The molecule has 1 heterocycles. The van der Waals surface area contributed by atoms with Gasteiger partial charge in [-0.25, -0.2) is 17.5 Å². The lowest BCUT2D eigenvalue weighted by atomic mass is 10.3. The Morgan fingerprint density at radius 2 is 1.96 bits per heavy atom. The maximum Gasteiger partial charge on any atom is 0.289 e. The maximum absolute atomic E-state index is 13.4. The molecule has 1 N–H and O–H groups in total. The zero-order chi connectivity index (χ0) is 18.7.